The summed E-state index contributed by atoms with van der Waals surface area (Å²) in [5.74, 6) is 0. The Labute approximate surface area is 200 Å². The van der Waals surface area contributed by atoms with Crippen molar-refractivity contribution in [2.75, 3.05) is 0 Å². The third kappa shape index (κ3) is 4.86. The van der Waals surface area contributed by atoms with Gasteiger partial charge in [0.05, 0.1) is 9.79 Å². The van der Waals surface area contributed by atoms with E-state index in [-0.39, 0.29) is 21.9 Å². The second-order valence-electron chi connectivity index (χ2n) is 8.81. The number of fused-ring (bicyclic) bond motifs is 2. The van der Waals surface area contributed by atoms with Crippen molar-refractivity contribution in [1.29, 1.82) is 0 Å². The first-order chi connectivity index (χ1) is 16.3. The van der Waals surface area contributed by atoms with Crippen LogP contribution in [0.3, 0.4) is 0 Å². The fraction of sp³-hybridized carbons (Fsp3) is 0.231. The van der Waals surface area contributed by atoms with Gasteiger partial charge in [-0.25, -0.2) is 26.3 Å². The van der Waals surface area contributed by atoms with Crippen molar-refractivity contribution in [3.63, 3.8) is 0 Å². The van der Waals surface area contributed by atoms with Crippen LogP contribution in [0.1, 0.15) is 25.7 Å². The number of rotatable bonds is 6. The maximum absolute atomic E-state index is 12.9. The number of sulfonamides is 2. The van der Waals surface area contributed by atoms with Gasteiger partial charge in [-0.3, -0.25) is 0 Å². The van der Waals surface area contributed by atoms with Crippen LogP contribution < -0.4 is 9.44 Å². The summed E-state index contributed by atoms with van der Waals surface area (Å²) in [7, 11) is -7.31. The minimum Gasteiger partial charge on any atom is -0.208 e. The Morgan fingerprint density at radius 1 is 0.500 bits per heavy atom. The summed E-state index contributed by atoms with van der Waals surface area (Å²) < 4.78 is 57.3. The third-order valence-corrected chi connectivity index (χ3v) is 9.47. The summed E-state index contributed by atoms with van der Waals surface area (Å²) in [5, 5.41) is 3.72. The standard InChI is InChI=1S/C26H26N2O4S2/c29-33(30,25-15-9-19-5-1-3-7-21(19)17-25)27-23-11-13-24(14-12-23)28-34(31,32)26-16-10-20-6-2-4-8-22(20)18-26/h1-10,15-18,23-24,27-28H,11-14H2. The molecule has 1 saturated carbocycles. The average molecular weight is 495 g/mol. The molecule has 0 aliphatic heterocycles. The van der Waals surface area contributed by atoms with Crippen LogP contribution in [0.15, 0.2) is 94.7 Å². The van der Waals surface area contributed by atoms with Gasteiger partial charge in [0.1, 0.15) is 0 Å². The summed E-state index contributed by atoms with van der Waals surface area (Å²) in [6.45, 7) is 0. The van der Waals surface area contributed by atoms with Gasteiger partial charge < -0.3 is 0 Å². The number of hydrogen-bond acceptors (Lipinski definition) is 4. The second-order valence-corrected chi connectivity index (χ2v) is 12.2. The largest absolute Gasteiger partial charge is 0.240 e. The van der Waals surface area contributed by atoms with Gasteiger partial charge in [-0.15, -0.1) is 0 Å². The van der Waals surface area contributed by atoms with Gasteiger partial charge in [-0.2, -0.15) is 0 Å². The Kier molecular flexibility index (Phi) is 6.16. The van der Waals surface area contributed by atoms with E-state index in [1.54, 1.807) is 24.3 Å². The van der Waals surface area contributed by atoms with Gasteiger partial charge in [0, 0.05) is 12.1 Å². The molecule has 0 bridgehead atoms. The highest BCUT2D eigenvalue weighted by Crippen LogP contribution is 2.25. The van der Waals surface area contributed by atoms with Gasteiger partial charge in [0.15, 0.2) is 0 Å². The van der Waals surface area contributed by atoms with Gasteiger partial charge in [-0.1, -0.05) is 60.7 Å². The Morgan fingerprint density at radius 3 is 1.24 bits per heavy atom. The minimum atomic E-state index is -3.66. The van der Waals surface area contributed by atoms with E-state index in [1.165, 1.54) is 0 Å². The predicted molar refractivity (Wildman–Crippen MR) is 135 cm³/mol. The molecule has 0 heterocycles. The molecule has 34 heavy (non-hydrogen) atoms. The zero-order chi connectivity index (χ0) is 23.8. The monoisotopic (exact) mass is 494 g/mol. The summed E-state index contributed by atoms with van der Waals surface area (Å²) in [6.07, 6.45) is 2.27. The molecule has 8 heteroatoms. The lowest BCUT2D eigenvalue weighted by molar-refractivity contribution is 0.356. The zero-order valence-electron chi connectivity index (χ0n) is 18.5. The maximum Gasteiger partial charge on any atom is 0.240 e. The Balaban J connectivity index is 1.22. The van der Waals surface area contributed by atoms with E-state index in [9.17, 15) is 16.8 Å². The molecule has 5 rings (SSSR count). The molecular weight excluding hydrogens is 468 g/mol. The van der Waals surface area contributed by atoms with Crippen LogP contribution in [-0.4, -0.2) is 28.9 Å². The van der Waals surface area contributed by atoms with E-state index in [0.29, 0.717) is 25.7 Å². The fourth-order valence-electron chi connectivity index (χ4n) is 4.57. The highest BCUT2D eigenvalue weighted by atomic mass is 32.2. The SMILES string of the molecule is O=S(=O)(NC1CCC(NS(=O)(=O)c2ccc3ccccc3c2)CC1)c1ccc2ccccc2c1. The molecular formula is C26H26N2O4S2. The smallest absolute Gasteiger partial charge is 0.208 e. The van der Waals surface area contributed by atoms with E-state index in [4.69, 9.17) is 0 Å². The molecule has 1 fully saturated rings. The van der Waals surface area contributed by atoms with E-state index in [1.807, 2.05) is 60.7 Å². The molecule has 1 aliphatic carbocycles. The molecule has 0 radical (unpaired) electrons. The predicted octanol–water partition coefficient (Wildman–Crippen LogP) is 4.56. The number of benzene rings is 4. The fourth-order valence-corrected chi connectivity index (χ4v) is 7.25. The molecule has 1 aliphatic rings. The molecule has 0 aromatic heterocycles. The third-order valence-electron chi connectivity index (χ3n) is 6.43. The van der Waals surface area contributed by atoms with E-state index < -0.39 is 20.0 Å². The van der Waals surface area contributed by atoms with Gasteiger partial charge in [-0.05, 0) is 71.5 Å². The molecule has 2 N–H and O–H groups in total. The van der Waals surface area contributed by atoms with Crippen LogP contribution in [0.2, 0.25) is 0 Å². The molecule has 6 nitrogen and oxygen atoms in total. The summed E-state index contributed by atoms with van der Waals surface area (Å²) in [6, 6.07) is 25.0. The lowest BCUT2D eigenvalue weighted by atomic mass is 9.92. The molecule has 0 amide bonds. The normalized spacial score (nSPS) is 19.4. The molecule has 0 spiro atoms. The van der Waals surface area contributed by atoms with Crippen molar-refractivity contribution >= 4 is 41.6 Å². The number of hydrogen-bond donors (Lipinski definition) is 2. The Morgan fingerprint density at radius 2 is 0.853 bits per heavy atom. The highest BCUT2D eigenvalue weighted by molar-refractivity contribution is 7.89. The first kappa shape index (κ1) is 23.0. The second kappa shape index (κ2) is 9.11. The van der Waals surface area contributed by atoms with E-state index in [2.05, 4.69) is 9.44 Å². The van der Waals surface area contributed by atoms with Gasteiger partial charge in [0.2, 0.25) is 20.0 Å². The summed E-state index contributed by atoms with van der Waals surface area (Å²) in [5.41, 5.74) is 0. The molecule has 4 aromatic rings. The van der Waals surface area contributed by atoms with Crippen LogP contribution in [0.25, 0.3) is 21.5 Å². The van der Waals surface area contributed by atoms with Gasteiger partial charge >= 0.3 is 0 Å². The highest BCUT2D eigenvalue weighted by Gasteiger charge is 2.28. The average Bonchev–Trinajstić information content (AvgIpc) is 2.84. The van der Waals surface area contributed by atoms with Crippen LogP contribution >= 0.6 is 0 Å². The van der Waals surface area contributed by atoms with E-state index in [0.717, 1.165) is 21.5 Å². The Hall–Kier alpha value is -2.78. The molecule has 0 atom stereocenters. The molecule has 176 valence electrons. The van der Waals surface area contributed by atoms with Crippen molar-refractivity contribution in [3.05, 3.63) is 84.9 Å². The molecule has 0 saturated heterocycles. The zero-order valence-corrected chi connectivity index (χ0v) is 20.1. The maximum atomic E-state index is 12.9. The van der Waals surface area contributed by atoms with Crippen LogP contribution in [-0.2, 0) is 20.0 Å². The summed E-state index contributed by atoms with van der Waals surface area (Å²) >= 11 is 0. The topological polar surface area (TPSA) is 92.3 Å². The van der Waals surface area contributed by atoms with Crippen molar-refractivity contribution in [2.45, 2.75) is 47.6 Å². The Bertz CT molecular complexity index is 1440. The van der Waals surface area contributed by atoms with Crippen molar-refractivity contribution in [1.82, 2.24) is 9.44 Å². The van der Waals surface area contributed by atoms with Crippen molar-refractivity contribution < 1.29 is 16.8 Å². The van der Waals surface area contributed by atoms with Gasteiger partial charge in [0.25, 0.3) is 0 Å². The van der Waals surface area contributed by atoms with Crippen LogP contribution in [0.5, 0.6) is 0 Å². The van der Waals surface area contributed by atoms with Crippen LogP contribution in [0, 0.1) is 0 Å². The number of nitrogens with one attached hydrogen (secondary N) is 2. The quantitative estimate of drug-likeness (QED) is 0.411. The first-order valence-corrected chi connectivity index (χ1v) is 14.3. The summed E-state index contributed by atoms with van der Waals surface area (Å²) in [4.78, 5) is 0.482. The van der Waals surface area contributed by atoms with Crippen molar-refractivity contribution in [3.8, 4) is 0 Å². The van der Waals surface area contributed by atoms with Crippen molar-refractivity contribution in [2.24, 2.45) is 0 Å². The van der Waals surface area contributed by atoms with Crippen LogP contribution in [0.4, 0.5) is 0 Å². The molecule has 0 unspecified atom stereocenters. The lowest BCUT2D eigenvalue weighted by Gasteiger charge is -2.29. The van der Waals surface area contributed by atoms with E-state index >= 15 is 0 Å². The molecule has 4 aromatic carbocycles. The first-order valence-electron chi connectivity index (χ1n) is 11.3. The minimum absolute atomic E-state index is 0.224. The lowest BCUT2D eigenvalue weighted by Crippen LogP contribution is -2.43.